The highest BCUT2D eigenvalue weighted by atomic mass is 16.3. The molecule has 2 rings (SSSR count). The van der Waals surface area contributed by atoms with Crippen molar-refractivity contribution in [2.75, 3.05) is 13.6 Å². The number of para-hydroxylation sites is 1. The molecule has 1 N–H and O–H groups in total. The van der Waals surface area contributed by atoms with Crippen LogP contribution in [0.25, 0.3) is 17.0 Å². The van der Waals surface area contributed by atoms with Gasteiger partial charge < -0.3 is 9.73 Å². The monoisotopic (exact) mass is 215 g/mol. The zero-order valence-electron chi connectivity index (χ0n) is 10.0. The summed E-state index contributed by atoms with van der Waals surface area (Å²) in [5.74, 6) is 0.983. The Bertz CT molecular complexity index is 523. The van der Waals surface area contributed by atoms with Crippen LogP contribution in [-0.4, -0.2) is 13.6 Å². The smallest absolute Gasteiger partial charge is 0.134 e. The molecule has 0 aliphatic carbocycles. The molecule has 0 amide bonds. The van der Waals surface area contributed by atoms with Crippen molar-refractivity contribution in [3.63, 3.8) is 0 Å². The van der Waals surface area contributed by atoms with Crippen molar-refractivity contribution in [3.05, 3.63) is 41.2 Å². The number of furan rings is 1. The summed E-state index contributed by atoms with van der Waals surface area (Å²) in [6.45, 7) is 5.04. The molecular weight excluding hydrogens is 198 g/mol. The fourth-order valence-corrected chi connectivity index (χ4v) is 1.94. The molecule has 84 valence electrons. The third-order valence-electron chi connectivity index (χ3n) is 2.67. The van der Waals surface area contributed by atoms with Gasteiger partial charge in [-0.05, 0) is 27.0 Å². The lowest BCUT2D eigenvalue weighted by molar-refractivity contribution is 0.577. The fourth-order valence-electron chi connectivity index (χ4n) is 1.94. The molecule has 1 aromatic heterocycles. The lowest BCUT2D eigenvalue weighted by Gasteiger charge is -1.99. The highest BCUT2D eigenvalue weighted by Gasteiger charge is 2.07. The summed E-state index contributed by atoms with van der Waals surface area (Å²) in [5.41, 5.74) is 3.46. The van der Waals surface area contributed by atoms with Crippen LogP contribution in [0.15, 0.2) is 34.3 Å². The minimum absolute atomic E-state index is 0.902. The molecule has 0 fully saturated rings. The van der Waals surface area contributed by atoms with E-state index in [1.54, 1.807) is 0 Å². The van der Waals surface area contributed by atoms with Crippen LogP contribution < -0.4 is 5.32 Å². The van der Waals surface area contributed by atoms with Crippen molar-refractivity contribution < 1.29 is 4.42 Å². The standard InChI is InChI=1S/C14H17NO/c1-10(9-15-3)8-13-11(2)16-14-7-5-4-6-12(13)14/h4-8,15H,9H2,1-3H3/b10-8+. The maximum atomic E-state index is 5.71. The number of rotatable bonds is 3. The molecule has 0 saturated heterocycles. The number of benzene rings is 1. The minimum Gasteiger partial charge on any atom is -0.461 e. The van der Waals surface area contributed by atoms with Crippen molar-refractivity contribution in [1.82, 2.24) is 5.32 Å². The summed E-state index contributed by atoms with van der Waals surface area (Å²) in [5, 5.41) is 4.34. The molecule has 0 saturated carbocycles. The van der Waals surface area contributed by atoms with E-state index in [2.05, 4.69) is 24.4 Å². The molecule has 0 atom stereocenters. The minimum atomic E-state index is 0.902. The first kappa shape index (κ1) is 11.0. The molecule has 0 bridgehead atoms. The van der Waals surface area contributed by atoms with E-state index in [1.807, 2.05) is 32.2 Å². The van der Waals surface area contributed by atoms with Gasteiger partial charge in [0.05, 0.1) is 0 Å². The van der Waals surface area contributed by atoms with Crippen LogP contribution >= 0.6 is 0 Å². The van der Waals surface area contributed by atoms with Crippen molar-refractivity contribution in [2.45, 2.75) is 13.8 Å². The predicted octanol–water partition coefficient (Wildman–Crippen LogP) is 3.36. The maximum Gasteiger partial charge on any atom is 0.134 e. The summed E-state index contributed by atoms with van der Waals surface area (Å²) in [7, 11) is 1.96. The summed E-state index contributed by atoms with van der Waals surface area (Å²) >= 11 is 0. The zero-order chi connectivity index (χ0) is 11.5. The predicted molar refractivity (Wildman–Crippen MR) is 68.5 cm³/mol. The molecule has 16 heavy (non-hydrogen) atoms. The Morgan fingerprint density at radius 1 is 1.38 bits per heavy atom. The van der Waals surface area contributed by atoms with Crippen LogP contribution in [0, 0.1) is 6.92 Å². The fraction of sp³-hybridized carbons (Fsp3) is 0.286. The van der Waals surface area contributed by atoms with Gasteiger partial charge in [0.15, 0.2) is 0 Å². The van der Waals surface area contributed by atoms with Crippen LogP contribution in [-0.2, 0) is 0 Å². The average molecular weight is 215 g/mol. The van der Waals surface area contributed by atoms with E-state index in [1.165, 1.54) is 16.5 Å². The van der Waals surface area contributed by atoms with Gasteiger partial charge in [-0.1, -0.05) is 29.8 Å². The lowest BCUT2D eigenvalue weighted by atomic mass is 10.1. The van der Waals surface area contributed by atoms with Crippen molar-refractivity contribution in [1.29, 1.82) is 0 Å². The third-order valence-corrected chi connectivity index (χ3v) is 2.67. The first-order valence-electron chi connectivity index (χ1n) is 5.52. The number of nitrogens with one attached hydrogen (secondary N) is 1. The topological polar surface area (TPSA) is 25.2 Å². The Morgan fingerprint density at radius 2 is 2.12 bits per heavy atom. The Hall–Kier alpha value is -1.54. The van der Waals surface area contributed by atoms with Crippen LogP contribution in [0.4, 0.5) is 0 Å². The first-order chi connectivity index (χ1) is 7.72. The second-order valence-electron chi connectivity index (χ2n) is 4.09. The molecule has 2 nitrogen and oxygen atoms in total. The van der Waals surface area contributed by atoms with Crippen LogP contribution in [0.5, 0.6) is 0 Å². The van der Waals surface area contributed by atoms with Gasteiger partial charge in [0, 0.05) is 17.5 Å². The Kier molecular flexibility index (Phi) is 3.11. The molecule has 1 aromatic carbocycles. The largest absolute Gasteiger partial charge is 0.461 e. The average Bonchev–Trinajstić information content (AvgIpc) is 2.56. The molecular formula is C14H17NO. The molecule has 1 heterocycles. The second-order valence-corrected chi connectivity index (χ2v) is 4.09. The summed E-state index contributed by atoms with van der Waals surface area (Å²) in [6, 6.07) is 8.15. The van der Waals surface area contributed by atoms with Gasteiger partial charge in [-0.25, -0.2) is 0 Å². The normalized spacial score (nSPS) is 12.3. The zero-order valence-corrected chi connectivity index (χ0v) is 10.0. The number of hydrogen-bond donors (Lipinski definition) is 1. The first-order valence-corrected chi connectivity index (χ1v) is 5.52. The van der Waals surface area contributed by atoms with Gasteiger partial charge in [0.1, 0.15) is 11.3 Å². The molecule has 0 aliphatic rings. The second kappa shape index (κ2) is 4.54. The van der Waals surface area contributed by atoms with E-state index in [9.17, 15) is 0 Å². The highest BCUT2D eigenvalue weighted by molar-refractivity contribution is 5.88. The van der Waals surface area contributed by atoms with Gasteiger partial charge in [-0.3, -0.25) is 0 Å². The number of fused-ring (bicyclic) bond motifs is 1. The number of likely N-dealkylation sites (N-methyl/N-ethyl adjacent to an activating group) is 1. The molecule has 2 aromatic rings. The van der Waals surface area contributed by atoms with Gasteiger partial charge in [-0.2, -0.15) is 0 Å². The molecule has 0 aliphatic heterocycles. The molecule has 0 radical (unpaired) electrons. The molecule has 0 spiro atoms. The van der Waals surface area contributed by atoms with Gasteiger partial charge >= 0.3 is 0 Å². The molecule has 2 heteroatoms. The van der Waals surface area contributed by atoms with Crippen molar-refractivity contribution in [3.8, 4) is 0 Å². The number of aryl methyl sites for hydroxylation is 1. The van der Waals surface area contributed by atoms with Crippen LogP contribution in [0.1, 0.15) is 18.2 Å². The van der Waals surface area contributed by atoms with E-state index in [4.69, 9.17) is 4.42 Å². The third kappa shape index (κ3) is 2.02. The Morgan fingerprint density at radius 3 is 2.88 bits per heavy atom. The summed E-state index contributed by atoms with van der Waals surface area (Å²) in [4.78, 5) is 0. The van der Waals surface area contributed by atoms with Crippen molar-refractivity contribution >= 4 is 17.0 Å². The summed E-state index contributed by atoms with van der Waals surface area (Å²) in [6.07, 6.45) is 2.19. The SMILES string of the molecule is CNC/C(C)=C/c1c(C)oc2ccccc12. The quantitative estimate of drug-likeness (QED) is 0.849. The van der Waals surface area contributed by atoms with Gasteiger partial charge in [0.25, 0.3) is 0 Å². The Balaban J connectivity index is 2.51. The van der Waals surface area contributed by atoms with Gasteiger partial charge in [-0.15, -0.1) is 0 Å². The number of hydrogen-bond acceptors (Lipinski definition) is 2. The lowest BCUT2D eigenvalue weighted by Crippen LogP contribution is -2.08. The van der Waals surface area contributed by atoms with E-state index >= 15 is 0 Å². The summed E-state index contributed by atoms with van der Waals surface area (Å²) < 4.78 is 5.71. The van der Waals surface area contributed by atoms with E-state index < -0.39 is 0 Å². The van der Waals surface area contributed by atoms with Crippen LogP contribution in [0.3, 0.4) is 0 Å². The van der Waals surface area contributed by atoms with E-state index in [0.29, 0.717) is 0 Å². The molecule has 0 unspecified atom stereocenters. The Labute approximate surface area is 96.0 Å². The highest BCUT2D eigenvalue weighted by Crippen LogP contribution is 2.26. The maximum absolute atomic E-state index is 5.71. The van der Waals surface area contributed by atoms with Gasteiger partial charge in [0.2, 0.25) is 0 Å². The van der Waals surface area contributed by atoms with E-state index in [0.717, 1.165) is 17.9 Å². The van der Waals surface area contributed by atoms with E-state index in [-0.39, 0.29) is 0 Å². The van der Waals surface area contributed by atoms with Crippen molar-refractivity contribution in [2.24, 2.45) is 0 Å². The van der Waals surface area contributed by atoms with Crippen LogP contribution in [0.2, 0.25) is 0 Å².